The molecular weight excluding hydrogens is 240 g/mol. The van der Waals surface area contributed by atoms with Crippen LogP contribution >= 0.6 is 0 Å². The van der Waals surface area contributed by atoms with Crippen molar-refractivity contribution >= 4 is 0 Å². The molecule has 0 aromatic carbocycles. The summed E-state index contributed by atoms with van der Waals surface area (Å²) in [7, 11) is 0. The molecule has 6 N–H and O–H groups in total. The summed E-state index contributed by atoms with van der Waals surface area (Å²) in [5.74, 6) is -2.64. The zero-order valence-electron chi connectivity index (χ0n) is 7.86. The van der Waals surface area contributed by atoms with Crippen LogP contribution in [0.4, 0.5) is 0 Å². The van der Waals surface area contributed by atoms with Crippen LogP contribution in [0.25, 0.3) is 0 Å². The summed E-state index contributed by atoms with van der Waals surface area (Å²) in [5, 5.41) is 34.4. The molecular formula is C7H18CuN2O4. The van der Waals surface area contributed by atoms with Crippen LogP contribution in [0.1, 0.15) is 6.42 Å². The Morgan fingerprint density at radius 3 is 2.00 bits per heavy atom. The minimum atomic E-state index is -2.64. The fourth-order valence-electron chi connectivity index (χ4n) is 0.968. The van der Waals surface area contributed by atoms with Crippen molar-refractivity contribution in [1.29, 1.82) is 0 Å². The van der Waals surface area contributed by atoms with Crippen LogP contribution < -0.4 is 5.73 Å². The largest absolute Gasteiger partial charge is 0.395 e. The molecule has 0 heterocycles. The van der Waals surface area contributed by atoms with Crippen molar-refractivity contribution in [3.05, 3.63) is 0 Å². The van der Waals surface area contributed by atoms with Crippen molar-refractivity contribution < 1.29 is 37.5 Å². The van der Waals surface area contributed by atoms with Crippen LogP contribution in [0, 0.1) is 0 Å². The molecule has 0 aromatic rings. The summed E-state index contributed by atoms with van der Waals surface area (Å²) in [6, 6.07) is 0. The Morgan fingerprint density at radius 1 is 1.07 bits per heavy atom. The second-order valence-electron chi connectivity index (χ2n) is 2.88. The molecule has 0 aliphatic rings. The third-order valence-corrected chi connectivity index (χ3v) is 1.62. The average Bonchev–Trinajstić information content (AvgIpc) is 2.00. The Morgan fingerprint density at radius 2 is 1.64 bits per heavy atom. The number of hydrogen-bond acceptors (Lipinski definition) is 6. The monoisotopic (exact) mass is 257 g/mol. The van der Waals surface area contributed by atoms with E-state index in [1.165, 1.54) is 0 Å². The summed E-state index contributed by atoms with van der Waals surface area (Å²) in [6.45, 7) is 1.65. The predicted molar refractivity (Wildman–Crippen MR) is 46.6 cm³/mol. The molecule has 0 rings (SSSR count). The smallest absolute Gasteiger partial charge is 0.276 e. The normalized spacial score (nSPS) is 11.6. The maximum Gasteiger partial charge on any atom is 0.276 e. The molecule has 0 amide bonds. The first-order valence-corrected chi connectivity index (χ1v) is 4.20. The zero-order valence-corrected chi connectivity index (χ0v) is 8.80. The van der Waals surface area contributed by atoms with E-state index < -0.39 is 5.97 Å². The van der Waals surface area contributed by atoms with Crippen LogP contribution in [0.2, 0.25) is 0 Å². The predicted octanol–water partition coefficient (Wildman–Crippen LogP) is -2.74. The van der Waals surface area contributed by atoms with Gasteiger partial charge in [0.05, 0.1) is 6.61 Å². The summed E-state index contributed by atoms with van der Waals surface area (Å²) in [6.07, 6.45) is -0.188. The minimum Gasteiger partial charge on any atom is -0.395 e. The van der Waals surface area contributed by atoms with Gasteiger partial charge in [-0.25, -0.2) is 0 Å². The molecule has 91 valence electrons. The van der Waals surface area contributed by atoms with E-state index in [1.54, 1.807) is 4.90 Å². The molecule has 0 unspecified atom stereocenters. The molecule has 0 atom stereocenters. The molecule has 7 heteroatoms. The number of aliphatic hydroxyl groups excluding tert-OH is 1. The fourth-order valence-corrected chi connectivity index (χ4v) is 0.968. The van der Waals surface area contributed by atoms with Crippen molar-refractivity contribution in [3.63, 3.8) is 0 Å². The van der Waals surface area contributed by atoms with Crippen LogP contribution in [-0.4, -0.2) is 64.1 Å². The number of nitrogens with two attached hydrogens (primary N) is 1. The van der Waals surface area contributed by atoms with Gasteiger partial charge in [0, 0.05) is 49.7 Å². The van der Waals surface area contributed by atoms with Gasteiger partial charge in [-0.15, -0.1) is 0 Å². The molecule has 0 bridgehead atoms. The van der Waals surface area contributed by atoms with Crippen LogP contribution in [0.15, 0.2) is 0 Å². The SMILES string of the molecule is NCCN(CCO)CCC(O)(O)O.[Cu]. The van der Waals surface area contributed by atoms with Gasteiger partial charge in [-0.05, 0) is 0 Å². The Bertz CT molecular complexity index is 125. The summed E-state index contributed by atoms with van der Waals surface area (Å²) in [4.78, 5) is 1.73. The van der Waals surface area contributed by atoms with Gasteiger partial charge < -0.3 is 26.2 Å². The standard InChI is InChI=1S/C7H18N2O4.Cu/c8-2-4-9(5-6-10)3-1-7(11,12)13;/h10-13H,1-6,8H2;. The number of hydrogen-bond donors (Lipinski definition) is 5. The number of nitrogens with zero attached hydrogens (tertiary/aromatic N) is 1. The van der Waals surface area contributed by atoms with Crippen LogP contribution in [-0.2, 0) is 17.1 Å². The molecule has 0 aliphatic heterocycles. The van der Waals surface area contributed by atoms with Gasteiger partial charge >= 0.3 is 0 Å². The first kappa shape index (κ1) is 16.7. The Balaban J connectivity index is 0. The van der Waals surface area contributed by atoms with E-state index in [0.717, 1.165) is 0 Å². The van der Waals surface area contributed by atoms with Crippen molar-refractivity contribution in [2.24, 2.45) is 5.73 Å². The van der Waals surface area contributed by atoms with Crippen molar-refractivity contribution in [2.45, 2.75) is 12.4 Å². The quantitative estimate of drug-likeness (QED) is 0.250. The molecule has 1 radical (unpaired) electrons. The van der Waals surface area contributed by atoms with E-state index in [1.807, 2.05) is 0 Å². The zero-order chi connectivity index (χ0) is 10.3. The minimum absolute atomic E-state index is 0. The molecule has 0 aromatic heterocycles. The number of rotatable bonds is 7. The summed E-state index contributed by atoms with van der Waals surface area (Å²) >= 11 is 0. The molecule has 6 nitrogen and oxygen atoms in total. The van der Waals surface area contributed by atoms with Gasteiger partial charge in [-0.3, -0.25) is 4.90 Å². The van der Waals surface area contributed by atoms with E-state index in [0.29, 0.717) is 19.6 Å². The van der Waals surface area contributed by atoms with Crippen molar-refractivity contribution in [1.82, 2.24) is 4.90 Å². The maximum atomic E-state index is 8.62. The number of aliphatic hydroxyl groups is 4. The maximum absolute atomic E-state index is 8.62. The Kier molecular flexibility index (Phi) is 10.2. The third kappa shape index (κ3) is 10.4. The molecule has 0 aliphatic carbocycles. The van der Waals surface area contributed by atoms with Gasteiger partial charge in [0.2, 0.25) is 0 Å². The van der Waals surface area contributed by atoms with Gasteiger partial charge in [-0.2, -0.15) is 0 Å². The first-order chi connectivity index (χ1) is 5.99. The van der Waals surface area contributed by atoms with Crippen LogP contribution in [0.5, 0.6) is 0 Å². The van der Waals surface area contributed by atoms with Gasteiger partial charge in [0.25, 0.3) is 5.97 Å². The van der Waals surface area contributed by atoms with Gasteiger partial charge in [0.1, 0.15) is 0 Å². The Hall–Kier alpha value is 0.279. The Labute approximate surface area is 93.8 Å². The topological polar surface area (TPSA) is 110 Å². The first-order valence-electron chi connectivity index (χ1n) is 4.20. The average molecular weight is 258 g/mol. The molecule has 0 fully saturated rings. The van der Waals surface area contributed by atoms with Crippen molar-refractivity contribution in [3.8, 4) is 0 Å². The summed E-state index contributed by atoms with van der Waals surface area (Å²) in [5.41, 5.74) is 5.29. The molecule has 0 spiro atoms. The fraction of sp³-hybridized carbons (Fsp3) is 1.00. The van der Waals surface area contributed by atoms with Gasteiger partial charge in [0.15, 0.2) is 0 Å². The van der Waals surface area contributed by atoms with Crippen molar-refractivity contribution in [2.75, 3.05) is 32.8 Å². The van der Waals surface area contributed by atoms with E-state index in [2.05, 4.69) is 0 Å². The second-order valence-corrected chi connectivity index (χ2v) is 2.88. The van der Waals surface area contributed by atoms with E-state index >= 15 is 0 Å². The molecule has 14 heavy (non-hydrogen) atoms. The van der Waals surface area contributed by atoms with E-state index in [9.17, 15) is 0 Å². The summed E-state index contributed by atoms with van der Waals surface area (Å²) < 4.78 is 0. The van der Waals surface area contributed by atoms with E-state index in [4.69, 9.17) is 26.2 Å². The molecule has 0 saturated carbocycles. The third-order valence-electron chi connectivity index (χ3n) is 1.62. The van der Waals surface area contributed by atoms with Crippen LogP contribution in [0.3, 0.4) is 0 Å². The van der Waals surface area contributed by atoms with E-state index in [-0.39, 0.29) is 36.6 Å². The molecule has 0 saturated heterocycles. The van der Waals surface area contributed by atoms with Gasteiger partial charge in [-0.1, -0.05) is 0 Å². The second kappa shape index (κ2) is 8.58.